The smallest absolute Gasteiger partial charge is 0.234 e. The van der Waals surface area contributed by atoms with Crippen molar-refractivity contribution in [3.63, 3.8) is 0 Å². The number of thioether (sulfide) groups is 1. The van der Waals surface area contributed by atoms with E-state index in [-0.39, 0.29) is 18.3 Å². The molecule has 0 aliphatic heterocycles. The number of anilines is 1. The highest BCUT2D eigenvalue weighted by Gasteiger charge is 2.17. The molecule has 0 spiro atoms. The molecule has 0 aliphatic carbocycles. The van der Waals surface area contributed by atoms with Gasteiger partial charge in [0.25, 0.3) is 0 Å². The molecular formula is C24H21ClN4O3S. The molecular weight excluding hydrogens is 460 g/mol. The molecule has 1 amide bonds. The molecule has 0 bridgehead atoms. The highest BCUT2D eigenvalue weighted by Crippen LogP contribution is 2.26. The van der Waals surface area contributed by atoms with Crippen molar-refractivity contribution < 1.29 is 14.3 Å². The molecule has 1 aromatic heterocycles. The second kappa shape index (κ2) is 10.9. The summed E-state index contributed by atoms with van der Waals surface area (Å²) >= 11 is 7.34. The maximum atomic E-state index is 12.6. The minimum Gasteiger partial charge on any atom is -0.495 e. The van der Waals surface area contributed by atoms with Gasteiger partial charge in [0, 0.05) is 10.7 Å². The summed E-state index contributed by atoms with van der Waals surface area (Å²) in [5, 5.41) is 12.7. The van der Waals surface area contributed by atoms with E-state index in [0.717, 1.165) is 11.4 Å². The van der Waals surface area contributed by atoms with E-state index in [1.165, 1.54) is 11.8 Å². The van der Waals surface area contributed by atoms with Gasteiger partial charge >= 0.3 is 0 Å². The highest BCUT2D eigenvalue weighted by atomic mass is 35.5. The lowest BCUT2D eigenvalue weighted by atomic mass is 10.3. The molecule has 4 aromatic rings. The Hall–Kier alpha value is -3.49. The van der Waals surface area contributed by atoms with Crippen molar-refractivity contribution in [3.8, 4) is 17.2 Å². The lowest BCUT2D eigenvalue weighted by molar-refractivity contribution is -0.113. The average molecular weight is 481 g/mol. The maximum Gasteiger partial charge on any atom is 0.234 e. The predicted octanol–water partition coefficient (Wildman–Crippen LogP) is 5.24. The third kappa shape index (κ3) is 5.85. The van der Waals surface area contributed by atoms with Crippen molar-refractivity contribution in [1.29, 1.82) is 0 Å². The Morgan fingerprint density at radius 2 is 1.73 bits per heavy atom. The number of hydrogen-bond donors (Lipinski definition) is 1. The highest BCUT2D eigenvalue weighted by molar-refractivity contribution is 7.99. The van der Waals surface area contributed by atoms with Crippen LogP contribution in [-0.4, -0.2) is 33.5 Å². The Balaban J connectivity index is 1.51. The summed E-state index contributed by atoms with van der Waals surface area (Å²) in [6.07, 6.45) is 0. The minimum atomic E-state index is -0.183. The third-order valence-electron chi connectivity index (χ3n) is 4.61. The van der Waals surface area contributed by atoms with Crippen LogP contribution in [0.4, 0.5) is 5.69 Å². The van der Waals surface area contributed by atoms with Gasteiger partial charge in [-0.2, -0.15) is 0 Å². The summed E-state index contributed by atoms with van der Waals surface area (Å²) in [6, 6.07) is 24.1. The molecule has 0 fully saturated rings. The van der Waals surface area contributed by atoms with E-state index in [0.29, 0.717) is 27.4 Å². The van der Waals surface area contributed by atoms with Crippen LogP contribution in [0.2, 0.25) is 5.02 Å². The fraction of sp³-hybridized carbons (Fsp3) is 0.125. The summed E-state index contributed by atoms with van der Waals surface area (Å²) < 4.78 is 13.0. The van der Waals surface area contributed by atoms with Crippen LogP contribution < -0.4 is 14.8 Å². The lowest BCUT2D eigenvalue weighted by Crippen LogP contribution is -2.15. The zero-order valence-electron chi connectivity index (χ0n) is 17.8. The molecule has 7 nitrogen and oxygen atoms in total. The van der Waals surface area contributed by atoms with Crippen molar-refractivity contribution in [2.45, 2.75) is 11.8 Å². The topological polar surface area (TPSA) is 78.3 Å². The number of nitrogens with one attached hydrogen (secondary N) is 1. The normalized spacial score (nSPS) is 10.6. The largest absolute Gasteiger partial charge is 0.495 e. The summed E-state index contributed by atoms with van der Waals surface area (Å²) in [6.45, 7) is 0.216. The Bertz CT molecular complexity index is 1220. The molecule has 0 aliphatic rings. The SMILES string of the molecule is COc1ccccc1NC(=O)CSc1nnc(COc2ccccc2)n1-c1ccc(Cl)cc1. The molecule has 0 saturated heterocycles. The van der Waals surface area contributed by atoms with Crippen molar-refractivity contribution in [2.75, 3.05) is 18.2 Å². The van der Waals surface area contributed by atoms with Gasteiger partial charge in [-0.25, -0.2) is 0 Å². The van der Waals surface area contributed by atoms with Crippen LogP contribution >= 0.6 is 23.4 Å². The Kier molecular flexibility index (Phi) is 7.49. The Morgan fingerprint density at radius 3 is 2.48 bits per heavy atom. The van der Waals surface area contributed by atoms with Gasteiger partial charge in [-0.05, 0) is 48.5 Å². The van der Waals surface area contributed by atoms with Crippen LogP contribution in [0.1, 0.15) is 5.82 Å². The van der Waals surface area contributed by atoms with E-state index >= 15 is 0 Å². The van der Waals surface area contributed by atoms with E-state index in [4.69, 9.17) is 21.1 Å². The third-order valence-corrected chi connectivity index (χ3v) is 5.79. The van der Waals surface area contributed by atoms with Gasteiger partial charge in [-0.3, -0.25) is 9.36 Å². The zero-order chi connectivity index (χ0) is 23.0. The number of para-hydroxylation sites is 3. The number of nitrogens with zero attached hydrogens (tertiary/aromatic N) is 3. The molecule has 9 heteroatoms. The molecule has 168 valence electrons. The standard InChI is InChI=1S/C24H21ClN4O3S/c1-31-21-10-6-5-9-20(21)26-23(30)16-33-24-28-27-22(15-32-19-7-3-2-4-8-19)29(24)18-13-11-17(25)12-14-18/h2-14H,15-16H2,1H3,(H,26,30). The maximum absolute atomic E-state index is 12.6. The Labute approximate surface area is 200 Å². The number of ether oxygens (including phenoxy) is 2. The van der Waals surface area contributed by atoms with Crippen molar-refractivity contribution in [2.24, 2.45) is 0 Å². The number of hydrogen-bond acceptors (Lipinski definition) is 6. The number of benzene rings is 3. The molecule has 3 aromatic carbocycles. The molecule has 1 N–H and O–H groups in total. The first-order chi connectivity index (χ1) is 16.1. The van der Waals surface area contributed by atoms with Gasteiger partial charge in [0.15, 0.2) is 11.0 Å². The molecule has 33 heavy (non-hydrogen) atoms. The number of amides is 1. The number of halogens is 1. The molecule has 0 atom stereocenters. The molecule has 0 saturated carbocycles. The van der Waals surface area contributed by atoms with Crippen molar-refractivity contribution >= 4 is 35.0 Å². The van der Waals surface area contributed by atoms with Crippen LogP contribution in [0.25, 0.3) is 5.69 Å². The van der Waals surface area contributed by atoms with Crippen molar-refractivity contribution in [3.05, 3.63) is 89.7 Å². The van der Waals surface area contributed by atoms with Crippen LogP contribution in [0.15, 0.2) is 84.0 Å². The van der Waals surface area contributed by atoms with Gasteiger partial charge in [-0.15, -0.1) is 10.2 Å². The molecule has 0 radical (unpaired) electrons. The quantitative estimate of drug-likeness (QED) is 0.330. The van der Waals surface area contributed by atoms with E-state index in [1.807, 2.05) is 59.2 Å². The van der Waals surface area contributed by atoms with Crippen LogP contribution in [0.5, 0.6) is 11.5 Å². The molecule has 0 unspecified atom stereocenters. The first-order valence-electron chi connectivity index (χ1n) is 10.1. The molecule has 4 rings (SSSR count). The summed E-state index contributed by atoms with van der Waals surface area (Å²) in [7, 11) is 1.56. The van der Waals surface area contributed by atoms with Gasteiger partial charge in [-0.1, -0.05) is 53.7 Å². The summed E-state index contributed by atoms with van der Waals surface area (Å²) in [4.78, 5) is 12.6. The van der Waals surface area contributed by atoms with E-state index < -0.39 is 0 Å². The van der Waals surface area contributed by atoms with Gasteiger partial charge in [0.2, 0.25) is 5.91 Å². The van der Waals surface area contributed by atoms with Gasteiger partial charge in [0.05, 0.1) is 18.6 Å². The summed E-state index contributed by atoms with van der Waals surface area (Å²) in [5.41, 5.74) is 1.44. The first kappa shape index (κ1) is 22.7. The van der Waals surface area contributed by atoms with E-state index in [2.05, 4.69) is 15.5 Å². The second-order valence-electron chi connectivity index (χ2n) is 6.85. The van der Waals surface area contributed by atoms with Crippen LogP contribution in [-0.2, 0) is 11.4 Å². The number of aromatic nitrogens is 3. The van der Waals surface area contributed by atoms with E-state index in [1.54, 1.807) is 31.4 Å². The monoisotopic (exact) mass is 480 g/mol. The first-order valence-corrected chi connectivity index (χ1v) is 11.4. The number of rotatable bonds is 9. The van der Waals surface area contributed by atoms with Gasteiger partial charge in [0.1, 0.15) is 18.1 Å². The second-order valence-corrected chi connectivity index (χ2v) is 8.23. The van der Waals surface area contributed by atoms with Crippen molar-refractivity contribution in [1.82, 2.24) is 14.8 Å². The van der Waals surface area contributed by atoms with E-state index in [9.17, 15) is 4.79 Å². The van der Waals surface area contributed by atoms with Gasteiger partial charge < -0.3 is 14.8 Å². The Morgan fingerprint density at radius 1 is 1.00 bits per heavy atom. The lowest BCUT2D eigenvalue weighted by Gasteiger charge is -2.12. The average Bonchev–Trinajstić information content (AvgIpc) is 3.25. The number of methoxy groups -OCH3 is 1. The number of carbonyl (C=O) groups excluding carboxylic acids is 1. The predicted molar refractivity (Wildman–Crippen MR) is 129 cm³/mol. The molecule has 1 heterocycles. The van der Waals surface area contributed by atoms with Crippen LogP contribution in [0.3, 0.4) is 0 Å². The fourth-order valence-corrected chi connectivity index (χ4v) is 3.96. The van der Waals surface area contributed by atoms with Crippen LogP contribution in [0, 0.1) is 0 Å². The zero-order valence-corrected chi connectivity index (χ0v) is 19.3. The fourth-order valence-electron chi connectivity index (χ4n) is 3.07. The number of carbonyl (C=O) groups is 1. The summed E-state index contributed by atoms with van der Waals surface area (Å²) in [5.74, 6) is 1.89. The minimum absolute atomic E-state index is 0.142.